The fraction of sp³-hybridized carbons (Fsp3) is 0.500. The van der Waals surface area contributed by atoms with Crippen LogP contribution in [0, 0.1) is 17.7 Å². The van der Waals surface area contributed by atoms with Gasteiger partial charge in [0.2, 0.25) is 17.7 Å². The molecule has 0 radical (unpaired) electrons. The summed E-state index contributed by atoms with van der Waals surface area (Å²) in [6.45, 7) is -0.149. The zero-order valence-corrected chi connectivity index (χ0v) is 13.7. The normalized spacial score (nSPS) is 23.3. The fourth-order valence-corrected chi connectivity index (χ4v) is 3.61. The second-order valence-corrected chi connectivity index (χ2v) is 6.60. The molecule has 3 amide bonds. The highest BCUT2D eigenvalue weighted by Gasteiger charge is 2.48. The van der Waals surface area contributed by atoms with Crippen LogP contribution in [0.3, 0.4) is 0 Å². The average molecular weight is 332 g/mol. The highest BCUT2D eigenvalue weighted by molar-refractivity contribution is 6.07. The minimum absolute atomic E-state index is 0.106. The van der Waals surface area contributed by atoms with Crippen molar-refractivity contribution in [3.05, 3.63) is 35.6 Å². The van der Waals surface area contributed by atoms with E-state index in [2.05, 4.69) is 0 Å². The van der Waals surface area contributed by atoms with Gasteiger partial charge in [-0.2, -0.15) is 0 Å². The van der Waals surface area contributed by atoms with Gasteiger partial charge in [-0.3, -0.25) is 19.3 Å². The number of carbonyl (C=O) groups excluding carboxylic acids is 3. The molecule has 0 spiro atoms. The first kappa shape index (κ1) is 16.6. The summed E-state index contributed by atoms with van der Waals surface area (Å²) in [6, 6.07) is 6.24. The summed E-state index contributed by atoms with van der Waals surface area (Å²) in [4.78, 5) is 39.6. The van der Waals surface area contributed by atoms with Crippen molar-refractivity contribution in [1.29, 1.82) is 0 Å². The molecule has 0 aromatic heterocycles. The third-order valence-electron chi connectivity index (χ3n) is 5.02. The average Bonchev–Trinajstić information content (AvgIpc) is 2.82. The highest BCUT2D eigenvalue weighted by atomic mass is 19.1. The van der Waals surface area contributed by atoms with E-state index < -0.39 is 0 Å². The standard InChI is InChI=1S/C18H21FN2O3/c1-20(10-12-6-2-5-9-15(12)19)16(22)11-21-17(23)13-7-3-4-8-14(13)18(21)24/h2,5-6,9,13-14H,3-4,7-8,10-11H2,1H3. The lowest BCUT2D eigenvalue weighted by Gasteiger charge is -2.21. The molecule has 2 unspecified atom stereocenters. The number of halogens is 1. The monoisotopic (exact) mass is 332 g/mol. The molecule has 1 aromatic carbocycles. The third-order valence-corrected chi connectivity index (χ3v) is 5.02. The zero-order valence-electron chi connectivity index (χ0n) is 13.7. The molecule has 0 bridgehead atoms. The van der Waals surface area contributed by atoms with Crippen LogP contribution in [0.5, 0.6) is 0 Å². The van der Waals surface area contributed by atoms with E-state index in [1.165, 1.54) is 11.0 Å². The van der Waals surface area contributed by atoms with E-state index in [1.54, 1.807) is 25.2 Å². The molecule has 128 valence electrons. The zero-order chi connectivity index (χ0) is 17.3. The van der Waals surface area contributed by atoms with E-state index in [0.717, 1.165) is 30.6 Å². The molecule has 3 rings (SSSR count). The Bertz CT molecular complexity index is 652. The smallest absolute Gasteiger partial charge is 0.242 e. The van der Waals surface area contributed by atoms with Crippen LogP contribution >= 0.6 is 0 Å². The first-order valence-corrected chi connectivity index (χ1v) is 8.31. The maximum atomic E-state index is 13.7. The molecule has 1 heterocycles. The van der Waals surface area contributed by atoms with Crippen LogP contribution in [0.2, 0.25) is 0 Å². The molecule has 1 aromatic rings. The van der Waals surface area contributed by atoms with Crippen LogP contribution in [0.4, 0.5) is 4.39 Å². The van der Waals surface area contributed by atoms with Gasteiger partial charge in [-0.15, -0.1) is 0 Å². The van der Waals surface area contributed by atoms with Gasteiger partial charge in [-0.1, -0.05) is 31.0 Å². The van der Waals surface area contributed by atoms with Crippen molar-refractivity contribution in [3.63, 3.8) is 0 Å². The summed E-state index contributed by atoms with van der Waals surface area (Å²) >= 11 is 0. The number of carbonyl (C=O) groups is 3. The molecular formula is C18H21FN2O3. The lowest BCUT2D eigenvalue weighted by atomic mass is 9.81. The molecule has 1 saturated heterocycles. The number of imide groups is 1. The van der Waals surface area contributed by atoms with Crippen molar-refractivity contribution in [2.24, 2.45) is 11.8 Å². The first-order valence-electron chi connectivity index (χ1n) is 8.31. The molecule has 5 nitrogen and oxygen atoms in total. The minimum Gasteiger partial charge on any atom is -0.340 e. The van der Waals surface area contributed by atoms with Crippen molar-refractivity contribution in [1.82, 2.24) is 9.80 Å². The van der Waals surface area contributed by atoms with Crippen LogP contribution in [-0.2, 0) is 20.9 Å². The maximum absolute atomic E-state index is 13.7. The SMILES string of the molecule is CN(Cc1ccccc1F)C(=O)CN1C(=O)C2CCCCC2C1=O. The predicted octanol–water partition coefficient (Wildman–Crippen LogP) is 1.96. The van der Waals surface area contributed by atoms with E-state index in [1.807, 2.05) is 0 Å². The Morgan fingerprint density at radius 3 is 2.33 bits per heavy atom. The molecule has 2 fully saturated rings. The van der Waals surface area contributed by atoms with E-state index in [0.29, 0.717) is 5.56 Å². The molecule has 24 heavy (non-hydrogen) atoms. The van der Waals surface area contributed by atoms with Crippen LogP contribution < -0.4 is 0 Å². The third kappa shape index (κ3) is 3.05. The van der Waals surface area contributed by atoms with Crippen molar-refractivity contribution in [2.75, 3.05) is 13.6 Å². The Hall–Kier alpha value is -2.24. The number of hydrogen-bond acceptors (Lipinski definition) is 3. The Kier molecular flexibility index (Phi) is 4.64. The Balaban J connectivity index is 1.65. The van der Waals surface area contributed by atoms with Crippen molar-refractivity contribution in [2.45, 2.75) is 32.2 Å². The number of fused-ring (bicyclic) bond motifs is 1. The second-order valence-electron chi connectivity index (χ2n) is 6.60. The van der Waals surface area contributed by atoms with Crippen LogP contribution in [0.25, 0.3) is 0 Å². The van der Waals surface area contributed by atoms with Gasteiger partial charge in [-0.05, 0) is 18.9 Å². The Morgan fingerprint density at radius 1 is 1.17 bits per heavy atom. The number of rotatable bonds is 4. The molecule has 2 atom stereocenters. The van der Waals surface area contributed by atoms with Crippen molar-refractivity contribution < 1.29 is 18.8 Å². The summed E-state index contributed by atoms with van der Waals surface area (Å²) < 4.78 is 13.7. The summed E-state index contributed by atoms with van der Waals surface area (Å²) in [6.07, 6.45) is 3.36. The summed E-state index contributed by atoms with van der Waals surface area (Å²) in [5, 5.41) is 0. The van der Waals surface area contributed by atoms with Crippen LogP contribution in [-0.4, -0.2) is 41.1 Å². The molecule has 1 aliphatic heterocycles. The molecule has 1 saturated carbocycles. The maximum Gasteiger partial charge on any atom is 0.242 e. The lowest BCUT2D eigenvalue weighted by Crippen LogP contribution is -2.41. The van der Waals surface area contributed by atoms with Gasteiger partial charge in [0.1, 0.15) is 12.4 Å². The lowest BCUT2D eigenvalue weighted by molar-refractivity contribution is -0.146. The molecule has 1 aliphatic carbocycles. The van der Waals surface area contributed by atoms with Crippen molar-refractivity contribution >= 4 is 17.7 Å². The van der Waals surface area contributed by atoms with Gasteiger partial charge < -0.3 is 4.90 Å². The summed E-state index contributed by atoms with van der Waals surface area (Å²) in [5.41, 5.74) is 0.404. The van der Waals surface area contributed by atoms with Gasteiger partial charge in [0.15, 0.2) is 0 Å². The van der Waals surface area contributed by atoms with Gasteiger partial charge in [-0.25, -0.2) is 4.39 Å². The quantitative estimate of drug-likeness (QED) is 0.792. The fourth-order valence-electron chi connectivity index (χ4n) is 3.61. The number of nitrogens with zero attached hydrogens (tertiary/aromatic N) is 2. The number of likely N-dealkylation sites (tertiary alicyclic amines) is 1. The van der Waals surface area contributed by atoms with Crippen LogP contribution in [0.1, 0.15) is 31.2 Å². The van der Waals surface area contributed by atoms with Crippen molar-refractivity contribution in [3.8, 4) is 0 Å². The molecular weight excluding hydrogens is 311 g/mol. The van der Waals surface area contributed by atoms with Gasteiger partial charge in [0.05, 0.1) is 11.8 Å². The largest absolute Gasteiger partial charge is 0.340 e. The van der Waals surface area contributed by atoms with Crippen LogP contribution in [0.15, 0.2) is 24.3 Å². The molecule has 0 N–H and O–H groups in total. The molecule has 2 aliphatic rings. The predicted molar refractivity (Wildman–Crippen MR) is 85.0 cm³/mol. The number of hydrogen-bond donors (Lipinski definition) is 0. The minimum atomic E-state index is -0.378. The Labute approximate surface area is 140 Å². The van der Waals surface area contributed by atoms with Gasteiger partial charge in [0.25, 0.3) is 0 Å². The summed E-state index contributed by atoms with van der Waals surface area (Å²) in [5.74, 6) is -1.70. The van der Waals surface area contributed by atoms with Gasteiger partial charge >= 0.3 is 0 Å². The number of amides is 3. The van der Waals surface area contributed by atoms with E-state index in [-0.39, 0.29) is 48.5 Å². The van der Waals surface area contributed by atoms with E-state index >= 15 is 0 Å². The Morgan fingerprint density at radius 2 is 1.75 bits per heavy atom. The first-order chi connectivity index (χ1) is 11.5. The highest BCUT2D eigenvalue weighted by Crippen LogP contribution is 2.37. The van der Waals surface area contributed by atoms with Gasteiger partial charge in [0, 0.05) is 19.2 Å². The second kappa shape index (κ2) is 6.71. The number of likely N-dealkylation sites (N-methyl/N-ethyl adjacent to an activating group) is 1. The van der Waals surface area contributed by atoms with E-state index in [9.17, 15) is 18.8 Å². The topological polar surface area (TPSA) is 57.7 Å². The number of benzene rings is 1. The van der Waals surface area contributed by atoms with E-state index in [4.69, 9.17) is 0 Å². The summed E-state index contributed by atoms with van der Waals surface area (Å²) in [7, 11) is 1.55. The molecule has 6 heteroatoms.